The van der Waals surface area contributed by atoms with E-state index in [0.29, 0.717) is 10.0 Å². The molecule has 0 spiro atoms. The SMILES string of the molecule is CC(C)(C)OC(=O)N1C2CC(C2)C1C(=O)NCc1cc(F)cc(Br)c1. The lowest BCUT2D eigenvalue weighted by Gasteiger charge is -2.29. The van der Waals surface area contributed by atoms with Crippen molar-refractivity contribution < 1.29 is 18.7 Å². The van der Waals surface area contributed by atoms with Gasteiger partial charge in [0.25, 0.3) is 0 Å². The monoisotopic (exact) mass is 412 g/mol. The summed E-state index contributed by atoms with van der Waals surface area (Å²) in [6.07, 6.45) is 1.23. The summed E-state index contributed by atoms with van der Waals surface area (Å²) >= 11 is 3.24. The van der Waals surface area contributed by atoms with Crippen molar-refractivity contribution in [3.05, 3.63) is 34.1 Å². The molecule has 1 aromatic rings. The third-order valence-electron chi connectivity index (χ3n) is 4.55. The molecule has 25 heavy (non-hydrogen) atoms. The molecule has 7 heteroatoms. The molecule has 0 radical (unpaired) electrons. The Bertz CT molecular complexity index is 678. The van der Waals surface area contributed by atoms with Gasteiger partial charge in [-0.3, -0.25) is 9.69 Å². The number of hydrogen-bond acceptors (Lipinski definition) is 3. The highest BCUT2D eigenvalue weighted by Gasteiger charge is 2.56. The number of carbonyl (C=O) groups excluding carboxylic acids is 2. The molecule has 2 saturated heterocycles. The first kappa shape index (κ1) is 18.2. The second kappa shape index (κ2) is 6.59. The number of ether oxygens (including phenoxy) is 1. The molecule has 3 fully saturated rings. The van der Waals surface area contributed by atoms with Gasteiger partial charge in [-0.15, -0.1) is 0 Å². The van der Waals surface area contributed by atoms with Crippen molar-refractivity contribution in [2.75, 3.05) is 0 Å². The van der Waals surface area contributed by atoms with E-state index >= 15 is 0 Å². The average molecular weight is 413 g/mol. The van der Waals surface area contributed by atoms with E-state index in [1.54, 1.807) is 11.0 Å². The fourth-order valence-corrected chi connectivity index (χ4v) is 4.01. The van der Waals surface area contributed by atoms with E-state index in [9.17, 15) is 14.0 Å². The maximum atomic E-state index is 13.4. The number of benzene rings is 1. The first-order valence-corrected chi connectivity index (χ1v) is 9.17. The number of carbonyl (C=O) groups is 2. The zero-order valence-electron chi connectivity index (χ0n) is 14.5. The molecule has 1 atom stereocenters. The molecule has 1 aliphatic carbocycles. The van der Waals surface area contributed by atoms with Gasteiger partial charge in [-0.2, -0.15) is 0 Å². The number of rotatable bonds is 3. The van der Waals surface area contributed by atoms with E-state index in [1.807, 2.05) is 20.8 Å². The summed E-state index contributed by atoms with van der Waals surface area (Å²) in [5, 5.41) is 2.82. The summed E-state index contributed by atoms with van der Waals surface area (Å²) in [5.74, 6) is -0.398. The largest absolute Gasteiger partial charge is 0.444 e. The van der Waals surface area contributed by atoms with Crippen LogP contribution in [0.5, 0.6) is 0 Å². The second-order valence-electron chi connectivity index (χ2n) is 7.71. The van der Waals surface area contributed by atoms with Crippen LogP contribution in [0.4, 0.5) is 9.18 Å². The topological polar surface area (TPSA) is 58.6 Å². The molecule has 1 aromatic carbocycles. The van der Waals surface area contributed by atoms with Crippen LogP contribution in [-0.4, -0.2) is 34.6 Å². The summed E-state index contributed by atoms with van der Waals surface area (Å²) in [5.41, 5.74) is 0.0632. The summed E-state index contributed by atoms with van der Waals surface area (Å²) in [6.45, 7) is 5.64. The Morgan fingerprint density at radius 2 is 2.00 bits per heavy atom. The number of fused-ring (bicyclic) bond motifs is 1. The van der Waals surface area contributed by atoms with Gasteiger partial charge in [0.1, 0.15) is 17.5 Å². The van der Waals surface area contributed by atoms with Gasteiger partial charge in [-0.1, -0.05) is 15.9 Å². The van der Waals surface area contributed by atoms with Gasteiger partial charge in [0.15, 0.2) is 0 Å². The standard InChI is InChI=1S/C18H22BrFN2O3/c1-18(2,3)25-17(24)22-14-6-11(7-14)15(22)16(23)21-9-10-4-12(19)8-13(20)5-10/h4-5,8,11,14-15H,6-7,9H2,1-3H3,(H,21,23). The average Bonchev–Trinajstić information content (AvgIpc) is 2.96. The van der Waals surface area contributed by atoms with Crippen LogP contribution in [0, 0.1) is 11.7 Å². The van der Waals surface area contributed by atoms with E-state index in [1.165, 1.54) is 12.1 Å². The minimum atomic E-state index is -0.598. The molecule has 1 unspecified atom stereocenters. The number of hydrogen-bond donors (Lipinski definition) is 1. The van der Waals surface area contributed by atoms with E-state index in [2.05, 4.69) is 21.2 Å². The highest BCUT2D eigenvalue weighted by atomic mass is 79.9. The minimum absolute atomic E-state index is 0.0823. The van der Waals surface area contributed by atoms with Crippen molar-refractivity contribution in [3.63, 3.8) is 0 Å². The summed E-state index contributed by atoms with van der Waals surface area (Å²) < 4.78 is 19.5. The number of halogens is 2. The molecule has 1 N–H and O–H groups in total. The van der Waals surface area contributed by atoms with Crippen molar-refractivity contribution in [2.45, 2.75) is 57.8 Å². The van der Waals surface area contributed by atoms with E-state index in [4.69, 9.17) is 4.74 Å². The van der Waals surface area contributed by atoms with Crippen LogP contribution in [0.15, 0.2) is 22.7 Å². The van der Waals surface area contributed by atoms with Gasteiger partial charge >= 0.3 is 6.09 Å². The zero-order valence-corrected chi connectivity index (χ0v) is 16.1. The Hall–Kier alpha value is -1.63. The van der Waals surface area contributed by atoms with Gasteiger partial charge in [0, 0.05) is 17.1 Å². The lowest BCUT2D eigenvalue weighted by molar-refractivity contribution is -0.125. The van der Waals surface area contributed by atoms with Crippen LogP contribution in [0.2, 0.25) is 0 Å². The first-order chi connectivity index (χ1) is 11.6. The zero-order chi connectivity index (χ0) is 18.4. The van der Waals surface area contributed by atoms with Gasteiger partial charge in [-0.25, -0.2) is 9.18 Å². The van der Waals surface area contributed by atoms with Crippen molar-refractivity contribution in [3.8, 4) is 0 Å². The quantitative estimate of drug-likeness (QED) is 0.824. The Labute approximate surface area is 155 Å². The third-order valence-corrected chi connectivity index (χ3v) is 5.01. The van der Waals surface area contributed by atoms with Gasteiger partial charge in [0.05, 0.1) is 0 Å². The lowest BCUT2D eigenvalue weighted by Crippen LogP contribution is -2.47. The highest BCUT2D eigenvalue weighted by molar-refractivity contribution is 9.10. The van der Waals surface area contributed by atoms with E-state index in [-0.39, 0.29) is 30.2 Å². The predicted octanol–water partition coefficient (Wildman–Crippen LogP) is 3.60. The van der Waals surface area contributed by atoms with Gasteiger partial charge in [0.2, 0.25) is 5.91 Å². The maximum absolute atomic E-state index is 13.4. The molecule has 2 aliphatic heterocycles. The van der Waals surface area contributed by atoms with Crippen LogP contribution < -0.4 is 5.32 Å². The van der Waals surface area contributed by atoms with Crippen LogP contribution >= 0.6 is 15.9 Å². The molecule has 5 nitrogen and oxygen atoms in total. The molecule has 0 aromatic heterocycles. The fourth-order valence-electron chi connectivity index (χ4n) is 3.49. The summed E-state index contributed by atoms with van der Waals surface area (Å²) in [7, 11) is 0. The van der Waals surface area contributed by atoms with Crippen molar-refractivity contribution in [1.29, 1.82) is 0 Å². The summed E-state index contributed by atoms with van der Waals surface area (Å²) in [4.78, 5) is 26.7. The Balaban J connectivity index is 1.65. The predicted molar refractivity (Wildman–Crippen MR) is 94.3 cm³/mol. The first-order valence-electron chi connectivity index (χ1n) is 8.38. The van der Waals surface area contributed by atoms with E-state index in [0.717, 1.165) is 12.8 Å². The normalized spacial score (nSPS) is 24.7. The van der Waals surface area contributed by atoms with Crippen LogP contribution in [0.3, 0.4) is 0 Å². The molecule has 2 bridgehead atoms. The molecular formula is C18H22BrFN2O3. The third kappa shape index (κ3) is 3.97. The van der Waals surface area contributed by atoms with Crippen LogP contribution in [0.25, 0.3) is 0 Å². The Morgan fingerprint density at radius 1 is 1.32 bits per heavy atom. The number of nitrogens with zero attached hydrogens (tertiary/aromatic N) is 1. The van der Waals surface area contributed by atoms with Crippen molar-refractivity contribution in [1.82, 2.24) is 10.2 Å². The smallest absolute Gasteiger partial charge is 0.411 e. The number of nitrogens with one attached hydrogen (secondary N) is 1. The fraction of sp³-hybridized carbons (Fsp3) is 0.556. The van der Waals surface area contributed by atoms with Crippen molar-refractivity contribution in [2.24, 2.45) is 5.92 Å². The molecule has 136 valence electrons. The van der Waals surface area contributed by atoms with Gasteiger partial charge < -0.3 is 10.1 Å². The molecule has 4 rings (SSSR count). The Morgan fingerprint density at radius 3 is 2.60 bits per heavy atom. The molecule has 1 saturated carbocycles. The van der Waals surface area contributed by atoms with Crippen LogP contribution in [-0.2, 0) is 16.1 Å². The van der Waals surface area contributed by atoms with Gasteiger partial charge in [-0.05, 0) is 63.3 Å². The lowest BCUT2D eigenvalue weighted by atomic mass is 9.83. The Kier molecular flexibility index (Phi) is 4.79. The molecule has 2 amide bonds. The second-order valence-corrected chi connectivity index (χ2v) is 8.63. The van der Waals surface area contributed by atoms with E-state index < -0.39 is 17.7 Å². The summed E-state index contributed by atoms with van der Waals surface area (Å²) in [6, 6.07) is 4.08. The molecule has 2 heterocycles. The molecular weight excluding hydrogens is 391 g/mol. The number of amides is 2. The highest BCUT2D eigenvalue weighted by Crippen LogP contribution is 2.46. The molecule has 3 aliphatic rings. The maximum Gasteiger partial charge on any atom is 0.411 e. The minimum Gasteiger partial charge on any atom is -0.444 e. The van der Waals surface area contributed by atoms with Crippen LogP contribution in [0.1, 0.15) is 39.2 Å². The van der Waals surface area contributed by atoms with Crippen molar-refractivity contribution >= 4 is 27.9 Å².